The van der Waals surface area contributed by atoms with Crippen molar-refractivity contribution in [3.8, 4) is 0 Å². The van der Waals surface area contributed by atoms with Crippen LogP contribution in [0.2, 0.25) is 0 Å². The molecule has 0 saturated carbocycles. The van der Waals surface area contributed by atoms with Gasteiger partial charge in [0.15, 0.2) is 0 Å². The second-order valence-corrected chi connectivity index (χ2v) is 5.68. The molecule has 0 heterocycles. The lowest BCUT2D eigenvalue weighted by Crippen LogP contribution is -2.21. The highest BCUT2D eigenvalue weighted by Gasteiger charge is 2.29. The van der Waals surface area contributed by atoms with E-state index in [9.17, 15) is 0 Å². The first-order chi connectivity index (χ1) is 9.07. The van der Waals surface area contributed by atoms with Gasteiger partial charge in [-0.15, -0.1) is 0 Å². The standard InChI is InChI=1S/C17H24O2/c1-17(2,13-5-9-15(18-3)10-6-13)14-7-11-16(19-4)12-8-14/h5,7,9,11H,6,8,10,12H2,1-4H3. The zero-order valence-corrected chi connectivity index (χ0v) is 12.5. The van der Waals surface area contributed by atoms with Crippen LogP contribution in [0.1, 0.15) is 39.5 Å². The lowest BCUT2D eigenvalue weighted by molar-refractivity contribution is 0.269. The summed E-state index contributed by atoms with van der Waals surface area (Å²) in [7, 11) is 3.49. The molecule has 2 nitrogen and oxygen atoms in total. The van der Waals surface area contributed by atoms with Gasteiger partial charge in [0.05, 0.1) is 25.7 Å². The Labute approximate surface area is 116 Å². The molecule has 0 saturated heterocycles. The number of allylic oxidation sites excluding steroid dienone is 8. The van der Waals surface area contributed by atoms with E-state index in [0.717, 1.165) is 37.2 Å². The quantitative estimate of drug-likeness (QED) is 0.740. The SMILES string of the molecule is COC1=CC=C(C(C)(C)C2=CC=C(OC)CC2)CC1. The fourth-order valence-electron chi connectivity index (χ4n) is 2.82. The summed E-state index contributed by atoms with van der Waals surface area (Å²) in [6.07, 6.45) is 12.9. The molecule has 2 heteroatoms. The maximum Gasteiger partial charge on any atom is 0.0958 e. The first-order valence-corrected chi connectivity index (χ1v) is 6.96. The minimum Gasteiger partial charge on any atom is -0.501 e. The van der Waals surface area contributed by atoms with Gasteiger partial charge in [-0.25, -0.2) is 0 Å². The first-order valence-electron chi connectivity index (χ1n) is 6.96. The number of hydrogen-bond acceptors (Lipinski definition) is 2. The Morgan fingerprint density at radius 2 is 1.16 bits per heavy atom. The highest BCUT2D eigenvalue weighted by atomic mass is 16.5. The Balaban J connectivity index is 2.20. The second kappa shape index (κ2) is 5.68. The third-order valence-corrected chi connectivity index (χ3v) is 4.35. The summed E-state index contributed by atoms with van der Waals surface area (Å²) in [4.78, 5) is 0. The number of methoxy groups -OCH3 is 2. The smallest absolute Gasteiger partial charge is 0.0958 e. The fourth-order valence-corrected chi connectivity index (χ4v) is 2.82. The van der Waals surface area contributed by atoms with Crippen LogP contribution in [-0.2, 0) is 9.47 Å². The highest BCUT2D eigenvalue weighted by Crippen LogP contribution is 2.43. The number of ether oxygens (including phenoxy) is 2. The molecule has 2 aliphatic carbocycles. The van der Waals surface area contributed by atoms with Crippen LogP contribution in [0, 0.1) is 5.41 Å². The Kier molecular flexibility index (Phi) is 4.18. The summed E-state index contributed by atoms with van der Waals surface area (Å²) in [5.74, 6) is 2.16. The van der Waals surface area contributed by atoms with E-state index >= 15 is 0 Å². The molecule has 104 valence electrons. The average Bonchev–Trinajstić information content (AvgIpc) is 2.47. The summed E-state index contributed by atoms with van der Waals surface area (Å²) >= 11 is 0. The minimum atomic E-state index is 0.130. The van der Waals surface area contributed by atoms with Gasteiger partial charge in [-0.3, -0.25) is 0 Å². The van der Waals surface area contributed by atoms with Gasteiger partial charge in [0.2, 0.25) is 0 Å². The molecule has 2 rings (SSSR count). The summed E-state index contributed by atoms with van der Waals surface area (Å²) in [6, 6.07) is 0. The van der Waals surface area contributed by atoms with E-state index in [0.29, 0.717) is 0 Å². The van der Waals surface area contributed by atoms with E-state index in [1.807, 2.05) is 0 Å². The highest BCUT2D eigenvalue weighted by molar-refractivity contribution is 5.36. The van der Waals surface area contributed by atoms with Crippen molar-refractivity contribution in [2.45, 2.75) is 39.5 Å². The number of hydrogen-bond donors (Lipinski definition) is 0. The summed E-state index contributed by atoms with van der Waals surface area (Å²) in [6.45, 7) is 4.64. The van der Waals surface area contributed by atoms with Gasteiger partial charge < -0.3 is 9.47 Å². The van der Waals surface area contributed by atoms with Crippen LogP contribution in [0.4, 0.5) is 0 Å². The van der Waals surface area contributed by atoms with Crippen molar-refractivity contribution < 1.29 is 9.47 Å². The molecule has 0 atom stereocenters. The van der Waals surface area contributed by atoms with Gasteiger partial charge >= 0.3 is 0 Å². The van der Waals surface area contributed by atoms with Crippen LogP contribution >= 0.6 is 0 Å². The van der Waals surface area contributed by atoms with Crippen molar-refractivity contribution in [3.05, 3.63) is 47.0 Å². The molecule has 2 aliphatic rings. The first kappa shape index (κ1) is 14.0. The normalized spacial score (nSPS) is 20.0. The van der Waals surface area contributed by atoms with Gasteiger partial charge in [-0.05, 0) is 25.0 Å². The van der Waals surface area contributed by atoms with Crippen molar-refractivity contribution in [1.82, 2.24) is 0 Å². The minimum absolute atomic E-state index is 0.130. The molecular weight excluding hydrogens is 236 g/mol. The Morgan fingerprint density at radius 1 is 0.737 bits per heavy atom. The Hall–Kier alpha value is -1.44. The fraction of sp³-hybridized carbons (Fsp3) is 0.529. The predicted molar refractivity (Wildman–Crippen MR) is 78.6 cm³/mol. The summed E-state index contributed by atoms with van der Waals surface area (Å²) < 4.78 is 10.6. The Bertz CT molecular complexity index is 420. The lowest BCUT2D eigenvalue weighted by Gasteiger charge is -2.34. The van der Waals surface area contributed by atoms with E-state index in [-0.39, 0.29) is 5.41 Å². The van der Waals surface area contributed by atoms with Crippen molar-refractivity contribution >= 4 is 0 Å². The van der Waals surface area contributed by atoms with Crippen molar-refractivity contribution in [2.75, 3.05) is 14.2 Å². The second-order valence-electron chi connectivity index (χ2n) is 5.68. The van der Waals surface area contributed by atoms with Gasteiger partial charge in [-0.2, -0.15) is 0 Å². The van der Waals surface area contributed by atoms with Crippen molar-refractivity contribution in [1.29, 1.82) is 0 Å². The monoisotopic (exact) mass is 260 g/mol. The zero-order chi connectivity index (χ0) is 13.9. The van der Waals surface area contributed by atoms with E-state index in [2.05, 4.69) is 38.2 Å². The maximum absolute atomic E-state index is 5.30. The summed E-state index contributed by atoms with van der Waals surface area (Å²) in [5.41, 5.74) is 3.12. The van der Waals surface area contributed by atoms with Gasteiger partial charge in [-0.1, -0.05) is 37.1 Å². The van der Waals surface area contributed by atoms with Crippen LogP contribution in [-0.4, -0.2) is 14.2 Å². The van der Waals surface area contributed by atoms with E-state index < -0.39 is 0 Å². The molecule has 19 heavy (non-hydrogen) atoms. The van der Waals surface area contributed by atoms with Gasteiger partial charge in [0.25, 0.3) is 0 Å². The third-order valence-electron chi connectivity index (χ3n) is 4.35. The molecule has 0 radical (unpaired) electrons. The molecule has 0 aromatic carbocycles. The molecule has 0 fully saturated rings. The van der Waals surface area contributed by atoms with Crippen LogP contribution < -0.4 is 0 Å². The third kappa shape index (κ3) is 2.94. The molecule has 0 spiro atoms. The molecular formula is C17H24O2. The van der Waals surface area contributed by atoms with Crippen molar-refractivity contribution in [2.24, 2.45) is 5.41 Å². The van der Waals surface area contributed by atoms with E-state index in [1.165, 1.54) is 11.1 Å². The molecule has 0 bridgehead atoms. The molecule has 0 N–H and O–H groups in total. The van der Waals surface area contributed by atoms with Gasteiger partial charge in [0.1, 0.15) is 0 Å². The maximum atomic E-state index is 5.30. The van der Waals surface area contributed by atoms with E-state index in [1.54, 1.807) is 14.2 Å². The van der Waals surface area contributed by atoms with Crippen LogP contribution in [0.15, 0.2) is 47.0 Å². The van der Waals surface area contributed by atoms with Gasteiger partial charge in [0, 0.05) is 18.3 Å². The summed E-state index contributed by atoms with van der Waals surface area (Å²) in [5, 5.41) is 0. The van der Waals surface area contributed by atoms with Crippen molar-refractivity contribution in [3.63, 3.8) is 0 Å². The van der Waals surface area contributed by atoms with Crippen LogP contribution in [0.5, 0.6) is 0 Å². The molecule has 0 unspecified atom stereocenters. The molecule has 0 amide bonds. The van der Waals surface area contributed by atoms with Crippen LogP contribution in [0.25, 0.3) is 0 Å². The zero-order valence-electron chi connectivity index (χ0n) is 12.5. The Morgan fingerprint density at radius 3 is 1.42 bits per heavy atom. The van der Waals surface area contributed by atoms with E-state index in [4.69, 9.17) is 9.47 Å². The molecule has 0 aromatic heterocycles. The molecule has 0 aliphatic heterocycles. The predicted octanol–water partition coefficient (Wildman–Crippen LogP) is 4.51. The van der Waals surface area contributed by atoms with Crippen LogP contribution in [0.3, 0.4) is 0 Å². The lowest BCUT2D eigenvalue weighted by atomic mass is 9.71. The average molecular weight is 260 g/mol. The number of rotatable bonds is 4. The largest absolute Gasteiger partial charge is 0.501 e. The molecule has 0 aromatic rings. The topological polar surface area (TPSA) is 18.5 Å².